The highest BCUT2D eigenvalue weighted by Crippen LogP contribution is 2.18. The van der Waals surface area contributed by atoms with Crippen LogP contribution < -0.4 is 0 Å². The molecule has 19 heavy (non-hydrogen) atoms. The highest BCUT2D eigenvalue weighted by atomic mass is 79.9. The maximum absolute atomic E-state index is 12.0. The number of hydrogen-bond acceptors (Lipinski definition) is 4. The lowest BCUT2D eigenvalue weighted by Crippen LogP contribution is -2.07. The molecule has 2 aromatic rings. The highest BCUT2D eigenvalue weighted by Gasteiger charge is 2.15. The molecule has 0 aliphatic carbocycles. The van der Waals surface area contributed by atoms with E-state index in [-0.39, 0.29) is 11.5 Å². The summed E-state index contributed by atoms with van der Waals surface area (Å²) in [5.74, 6) is 0. The van der Waals surface area contributed by atoms with Crippen LogP contribution in [-0.4, -0.2) is 13.4 Å². The summed E-state index contributed by atoms with van der Waals surface area (Å²) in [5, 5.41) is 0. The molecule has 0 bridgehead atoms. The van der Waals surface area contributed by atoms with Crippen molar-refractivity contribution < 1.29 is 12.6 Å². The first-order valence-corrected chi connectivity index (χ1v) is 7.75. The van der Waals surface area contributed by atoms with E-state index in [0.717, 1.165) is 5.56 Å². The van der Waals surface area contributed by atoms with E-state index in [2.05, 4.69) is 20.9 Å². The van der Waals surface area contributed by atoms with Crippen LogP contribution in [0.4, 0.5) is 0 Å². The highest BCUT2D eigenvalue weighted by molar-refractivity contribution is 9.10. The molecule has 0 amide bonds. The Morgan fingerprint density at radius 2 is 1.89 bits per heavy atom. The molecular formula is C13H12BrNO3S. The number of aryl methyl sites for hydroxylation is 1. The Balaban J connectivity index is 2.14. The van der Waals surface area contributed by atoms with Gasteiger partial charge in [0.1, 0.15) is 4.60 Å². The number of hydrogen-bond donors (Lipinski definition) is 0. The van der Waals surface area contributed by atoms with E-state index in [1.807, 2.05) is 6.92 Å². The molecule has 100 valence electrons. The molecule has 0 unspecified atom stereocenters. The molecule has 6 heteroatoms. The standard InChI is InChI=1S/C13H12BrNO3S/c1-10-4-6-12(7-5-10)19(16,17)18-9-11-3-2-8-15-13(11)14/h2-8H,9H2,1H3. The maximum atomic E-state index is 12.0. The van der Waals surface area contributed by atoms with Crippen molar-refractivity contribution in [1.82, 2.24) is 4.98 Å². The zero-order valence-electron chi connectivity index (χ0n) is 10.2. The SMILES string of the molecule is Cc1ccc(S(=O)(=O)OCc2cccnc2Br)cc1. The minimum absolute atomic E-state index is 0.0510. The van der Waals surface area contributed by atoms with Crippen LogP contribution in [0.2, 0.25) is 0 Å². The van der Waals surface area contributed by atoms with Crippen molar-refractivity contribution in [3.8, 4) is 0 Å². The molecule has 0 fully saturated rings. The topological polar surface area (TPSA) is 56.3 Å². The van der Waals surface area contributed by atoms with Crippen LogP contribution in [0.25, 0.3) is 0 Å². The van der Waals surface area contributed by atoms with Crippen LogP contribution in [0, 0.1) is 6.92 Å². The summed E-state index contributed by atoms with van der Waals surface area (Å²) in [6, 6.07) is 10.0. The van der Waals surface area contributed by atoms with Crippen LogP contribution in [0.15, 0.2) is 52.1 Å². The van der Waals surface area contributed by atoms with Crippen LogP contribution >= 0.6 is 15.9 Å². The van der Waals surface area contributed by atoms with Gasteiger partial charge in [0, 0.05) is 11.8 Å². The average Bonchev–Trinajstić information content (AvgIpc) is 2.38. The van der Waals surface area contributed by atoms with Crippen LogP contribution in [0.3, 0.4) is 0 Å². The van der Waals surface area contributed by atoms with E-state index in [1.54, 1.807) is 30.5 Å². The Morgan fingerprint density at radius 1 is 1.21 bits per heavy atom. The lowest BCUT2D eigenvalue weighted by Gasteiger charge is -2.07. The fourth-order valence-corrected chi connectivity index (χ4v) is 2.69. The molecule has 4 nitrogen and oxygen atoms in total. The minimum atomic E-state index is -3.74. The Bertz CT molecular complexity index is 669. The van der Waals surface area contributed by atoms with Gasteiger partial charge in [0.15, 0.2) is 0 Å². The van der Waals surface area contributed by atoms with Crippen LogP contribution in [0.1, 0.15) is 11.1 Å². The Hall–Kier alpha value is -1.24. The fraction of sp³-hybridized carbons (Fsp3) is 0.154. The molecule has 1 aromatic heterocycles. The molecule has 1 aromatic carbocycles. The fourth-order valence-electron chi connectivity index (χ4n) is 1.44. The van der Waals surface area contributed by atoms with E-state index in [1.165, 1.54) is 12.1 Å². The van der Waals surface area contributed by atoms with Gasteiger partial charge in [-0.25, -0.2) is 4.98 Å². The molecular weight excluding hydrogens is 330 g/mol. The van der Waals surface area contributed by atoms with Crippen LogP contribution in [0.5, 0.6) is 0 Å². The molecule has 0 radical (unpaired) electrons. The molecule has 0 atom stereocenters. The van der Waals surface area contributed by atoms with Gasteiger partial charge in [0.25, 0.3) is 10.1 Å². The van der Waals surface area contributed by atoms with Gasteiger partial charge >= 0.3 is 0 Å². The third-order valence-electron chi connectivity index (χ3n) is 2.52. The Labute approximate surface area is 120 Å². The quantitative estimate of drug-likeness (QED) is 0.633. The van der Waals surface area contributed by atoms with Crippen molar-refractivity contribution >= 4 is 26.0 Å². The second-order valence-corrected chi connectivity index (χ2v) is 6.35. The van der Waals surface area contributed by atoms with E-state index < -0.39 is 10.1 Å². The number of aromatic nitrogens is 1. The molecule has 0 N–H and O–H groups in total. The van der Waals surface area contributed by atoms with Crippen molar-refractivity contribution in [3.63, 3.8) is 0 Å². The predicted molar refractivity (Wildman–Crippen MR) is 75.1 cm³/mol. The van der Waals surface area contributed by atoms with Gasteiger partial charge in [-0.2, -0.15) is 8.42 Å². The van der Waals surface area contributed by atoms with Crippen molar-refractivity contribution in [2.24, 2.45) is 0 Å². The maximum Gasteiger partial charge on any atom is 0.297 e. The molecule has 1 heterocycles. The van der Waals surface area contributed by atoms with Gasteiger partial charge in [-0.15, -0.1) is 0 Å². The molecule has 0 aliphatic heterocycles. The first-order chi connectivity index (χ1) is 8.99. The third kappa shape index (κ3) is 3.62. The van der Waals surface area contributed by atoms with E-state index in [0.29, 0.717) is 10.2 Å². The lowest BCUT2D eigenvalue weighted by molar-refractivity contribution is 0.307. The van der Waals surface area contributed by atoms with Crippen LogP contribution in [-0.2, 0) is 20.9 Å². The van der Waals surface area contributed by atoms with Crippen molar-refractivity contribution in [2.45, 2.75) is 18.4 Å². The second kappa shape index (κ2) is 5.81. The van der Waals surface area contributed by atoms with Gasteiger partial charge in [-0.05, 0) is 41.1 Å². The zero-order chi connectivity index (χ0) is 13.9. The lowest BCUT2D eigenvalue weighted by atomic mass is 10.2. The van der Waals surface area contributed by atoms with Gasteiger partial charge in [0.05, 0.1) is 11.5 Å². The summed E-state index contributed by atoms with van der Waals surface area (Å²) < 4.78 is 29.5. The molecule has 0 saturated carbocycles. The molecule has 0 saturated heterocycles. The summed E-state index contributed by atoms with van der Waals surface area (Å²) in [4.78, 5) is 4.16. The van der Waals surface area contributed by atoms with E-state index >= 15 is 0 Å². The summed E-state index contributed by atoms with van der Waals surface area (Å²) in [7, 11) is -3.74. The van der Waals surface area contributed by atoms with E-state index in [4.69, 9.17) is 4.18 Å². The van der Waals surface area contributed by atoms with E-state index in [9.17, 15) is 8.42 Å². The third-order valence-corrected chi connectivity index (χ3v) is 4.51. The Morgan fingerprint density at radius 3 is 2.53 bits per heavy atom. The van der Waals surface area contributed by atoms with Gasteiger partial charge in [-0.3, -0.25) is 4.18 Å². The van der Waals surface area contributed by atoms with Gasteiger partial charge < -0.3 is 0 Å². The van der Waals surface area contributed by atoms with Crippen molar-refractivity contribution in [2.75, 3.05) is 0 Å². The summed E-state index contributed by atoms with van der Waals surface area (Å²) >= 11 is 3.24. The minimum Gasteiger partial charge on any atom is -0.261 e. The second-order valence-electron chi connectivity index (χ2n) is 3.98. The monoisotopic (exact) mass is 341 g/mol. The summed E-state index contributed by atoms with van der Waals surface area (Å²) in [6.07, 6.45) is 1.61. The van der Waals surface area contributed by atoms with Gasteiger partial charge in [-0.1, -0.05) is 23.8 Å². The average molecular weight is 342 g/mol. The zero-order valence-corrected chi connectivity index (χ0v) is 12.6. The molecule has 0 aliphatic rings. The number of nitrogens with zero attached hydrogens (tertiary/aromatic N) is 1. The van der Waals surface area contributed by atoms with Gasteiger partial charge in [0.2, 0.25) is 0 Å². The largest absolute Gasteiger partial charge is 0.297 e. The molecule has 0 spiro atoms. The number of halogens is 1. The number of benzene rings is 1. The van der Waals surface area contributed by atoms with Crippen molar-refractivity contribution in [3.05, 3.63) is 58.3 Å². The first kappa shape index (κ1) is 14.2. The smallest absolute Gasteiger partial charge is 0.261 e. The first-order valence-electron chi connectivity index (χ1n) is 5.54. The number of pyridine rings is 1. The Kier molecular flexibility index (Phi) is 4.34. The summed E-state index contributed by atoms with van der Waals surface area (Å²) in [5.41, 5.74) is 1.67. The summed E-state index contributed by atoms with van der Waals surface area (Å²) in [6.45, 7) is 1.84. The normalized spacial score (nSPS) is 11.5. The molecule has 2 rings (SSSR count). The van der Waals surface area contributed by atoms with Crippen molar-refractivity contribution in [1.29, 1.82) is 0 Å². The number of rotatable bonds is 4. The predicted octanol–water partition coefficient (Wildman–Crippen LogP) is 3.06.